The van der Waals surface area contributed by atoms with Crippen LogP contribution in [0.25, 0.3) is 0 Å². The highest BCUT2D eigenvalue weighted by Gasteiger charge is 2.27. The molecule has 0 saturated carbocycles. The fourth-order valence-corrected chi connectivity index (χ4v) is 3.53. The van der Waals surface area contributed by atoms with Crippen molar-refractivity contribution in [2.24, 2.45) is 5.92 Å². The van der Waals surface area contributed by atoms with Gasteiger partial charge in [0.25, 0.3) is 0 Å². The van der Waals surface area contributed by atoms with Crippen molar-refractivity contribution in [1.82, 2.24) is 10.2 Å². The summed E-state index contributed by atoms with van der Waals surface area (Å²) >= 11 is 19.0. The minimum atomic E-state index is 0.232. The molecular formula is C15H21Cl3N2. The molecule has 0 unspecified atom stereocenters. The molecule has 0 amide bonds. The van der Waals surface area contributed by atoms with Crippen LogP contribution in [-0.4, -0.2) is 31.1 Å². The van der Waals surface area contributed by atoms with Gasteiger partial charge in [0.15, 0.2) is 0 Å². The van der Waals surface area contributed by atoms with Gasteiger partial charge >= 0.3 is 0 Å². The van der Waals surface area contributed by atoms with Crippen molar-refractivity contribution in [3.05, 3.63) is 32.8 Å². The van der Waals surface area contributed by atoms with Crippen LogP contribution >= 0.6 is 34.8 Å². The quantitative estimate of drug-likeness (QED) is 0.806. The van der Waals surface area contributed by atoms with Gasteiger partial charge in [0.2, 0.25) is 0 Å². The molecule has 1 atom stereocenters. The summed E-state index contributed by atoms with van der Waals surface area (Å²) in [7, 11) is 0. The lowest BCUT2D eigenvalue weighted by atomic mass is 9.95. The number of nitrogens with one attached hydrogen (secondary N) is 1. The normalized spacial score (nSPS) is 18.5. The summed E-state index contributed by atoms with van der Waals surface area (Å²) in [5.41, 5.74) is 0.983. The first-order valence-electron chi connectivity index (χ1n) is 7.09. The molecule has 1 aliphatic heterocycles. The summed E-state index contributed by atoms with van der Waals surface area (Å²) in [5.74, 6) is 0.570. The molecule has 5 heteroatoms. The highest BCUT2D eigenvalue weighted by Crippen LogP contribution is 2.40. The average Bonchev–Trinajstić information content (AvgIpc) is 2.43. The Labute approximate surface area is 136 Å². The highest BCUT2D eigenvalue weighted by atomic mass is 35.5. The zero-order chi connectivity index (χ0) is 14.7. The maximum atomic E-state index is 6.44. The van der Waals surface area contributed by atoms with Crippen LogP contribution < -0.4 is 5.32 Å². The third-order valence-corrected chi connectivity index (χ3v) is 4.85. The van der Waals surface area contributed by atoms with Crippen LogP contribution in [0, 0.1) is 5.92 Å². The van der Waals surface area contributed by atoms with E-state index in [1.54, 1.807) is 6.07 Å². The van der Waals surface area contributed by atoms with Crippen molar-refractivity contribution < 1.29 is 0 Å². The van der Waals surface area contributed by atoms with Crippen LogP contribution in [0.15, 0.2) is 12.1 Å². The van der Waals surface area contributed by atoms with E-state index in [-0.39, 0.29) is 6.04 Å². The van der Waals surface area contributed by atoms with Gasteiger partial charge in [-0.1, -0.05) is 48.7 Å². The van der Waals surface area contributed by atoms with Crippen molar-refractivity contribution in [2.45, 2.75) is 26.3 Å². The minimum Gasteiger partial charge on any atom is -0.314 e. The molecule has 0 aliphatic carbocycles. The molecular weight excluding hydrogens is 315 g/mol. The number of benzene rings is 1. The van der Waals surface area contributed by atoms with Crippen LogP contribution in [0.1, 0.15) is 31.9 Å². The molecule has 1 aromatic rings. The molecule has 0 bridgehead atoms. The summed E-state index contributed by atoms with van der Waals surface area (Å²) in [4.78, 5) is 2.46. The Morgan fingerprint density at radius 3 is 2.30 bits per heavy atom. The average molecular weight is 336 g/mol. The summed E-state index contributed by atoms with van der Waals surface area (Å²) in [6.07, 6.45) is 1.03. The monoisotopic (exact) mass is 334 g/mol. The Hall–Kier alpha value is 0.01000. The SMILES string of the molecule is CC(C)C[C@H](c1c(Cl)ccc(Cl)c1Cl)N1CCNCC1. The van der Waals surface area contributed by atoms with Crippen molar-refractivity contribution in [3.63, 3.8) is 0 Å². The predicted molar refractivity (Wildman–Crippen MR) is 88.1 cm³/mol. The molecule has 0 spiro atoms. The minimum absolute atomic E-state index is 0.232. The zero-order valence-corrected chi connectivity index (χ0v) is 14.2. The second kappa shape index (κ2) is 7.33. The topological polar surface area (TPSA) is 15.3 Å². The van der Waals surface area contributed by atoms with Crippen molar-refractivity contribution >= 4 is 34.8 Å². The molecule has 1 fully saturated rings. The van der Waals surface area contributed by atoms with Gasteiger partial charge in [-0.3, -0.25) is 4.90 Å². The molecule has 1 heterocycles. The number of nitrogens with zero attached hydrogens (tertiary/aromatic N) is 1. The van der Waals surface area contributed by atoms with Crippen LogP contribution in [-0.2, 0) is 0 Å². The standard InChI is InChI=1S/C15H21Cl3N2/c1-10(2)9-13(20-7-5-19-6-8-20)14-11(16)3-4-12(17)15(14)18/h3-4,10,13,19H,5-9H2,1-2H3/t13-/m1/s1. The molecule has 112 valence electrons. The third kappa shape index (κ3) is 3.80. The van der Waals surface area contributed by atoms with E-state index in [9.17, 15) is 0 Å². The Bertz CT molecular complexity index is 457. The van der Waals surface area contributed by atoms with Crippen LogP contribution in [0.3, 0.4) is 0 Å². The fraction of sp³-hybridized carbons (Fsp3) is 0.600. The molecule has 1 N–H and O–H groups in total. The van der Waals surface area contributed by atoms with Gasteiger partial charge in [-0.2, -0.15) is 0 Å². The van der Waals surface area contributed by atoms with E-state index in [1.807, 2.05) is 6.07 Å². The zero-order valence-electron chi connectivity index (χ0n) is 11.9. The van der Waals surface area contributed by atoms with Gasteiger partial charge in [-0.15, -0.1) is 0 Å². The Kier molecular flexibility index (Phi) is 6.00. The molecule has 1 aliphatic rings. The summed E-state index contributed by atoms with van der Waals surface area (Å²) in [6.45, 7) is 8.48. The van der Waals surface area contributed by atoms with Crippen molar-refractivity contribution in [1.29, 1.82) is 0 Å². The van der Waals surface area contributed by atoms with Crippen LogP contribution in [0.5, 0.6) is 0 Å². The van der Waals surface area contributed by atoms with Gasteiger partial charge < -0.3 is 5.32 Å². The Balaban J connectivity index is 2.37. The molecule has 1 saturated heterocycles. The maximum Gasteiger partial charge on any atom is 0.0655 e. The predicted octanol–water partition coefficient (Wildman–Crippen LogP) is 4.64. The smallest absolute Gasteiger partial charge is 0.0655 e. The molecule has 2 rings (SSSR count). The lowest BCUT2D eigenvalue weighted by Gasteiger charge is -2.37. The number of piperazine rings is 1. The third-order valence-electron chi connectivity index (χ3n) is 3.70. The van der Waals surface area contributed by atoms with Gasteiger partial charge in [0.05, 0.1) is 10.0 Å². The number of hydrogen-bond donors (Lipinski definition) is 1. The van der Waals surface area contributed by atoms with Gasteiger partial charge in [-0.25, -0.2) is 0 Å². The largest absolute Gasteiger partial charge is 0.314 e. The first kappa shape index (κ1) is 16.4. The van der Waals surface area contributed by atoms with Crippen molar-refractivity contribution in [2.75, 3.05) is 26.2 Å². The molecule has 2 nitrogen and oxygen atoms in total. The van der Waals surface area contributed by atoms with Crippen LogP contribution in [0.4, 0.5) is 0 Å². The number of halogens is 3. The second-order valence-corrected chi connectivity index (χ2v) is 6.88. The van der Waals surface area contributed by atoms with E-state index < -0.39 is 0 Å². The lowest BCUT2D eigenvalue weighted by Crippen LogP contribution is -2.45. The first-order chi connectivity index (χ1) is 9.50. The molecule has 1 aromatic carbocycles. The van der Waals surface area contributed by atoms with Gasteiger partial charge in [0.1, 0.15) is 0 Å². The Morgan fingerprint density at radius 2 is 1.70 bits per heavy atom. The van der Waals surface area contributed by atoms with E-state index in [2.05, 4.69) is 24.1 Å². The summed E-state index contributed by atoms with van der Waals surface area (Å²) < 4.78 is 0. The van der Waals surface area contributed by atoms with E-state index >= 15 is 0 Å². The second-order valence-electron chi connectivity index (χ2n) is 5.69. The highest BCUT2D eigenvalue weighted by molar-refractivity contribution is 6.44. The Morgan fingerprint density at radius 1 is 1.10 bits per heavy atom. The van der Waals surface area contributed by atoms with E-state index in [4.69, 9.17) is 34.8 Å². The molecule has 20 heavy (non-hydrogen) atoms. The summed E-state index contributed by atoms with van der Waals surface area (Å²) in [6, 6.07) is 3.84. The molecule has 0 aromatic heterocycles. The first-order valence-corrected chi connectivity index (χ1v) is 8.22. The van der Waals surface area contributed by atoms with E-state index in [0.717, 1.165) is 38.2 Å². The fourth-order valence-electron chi connectivity index (χ4n) is 2.74. The number of hydrogen-bond acceptors (Lipinski definition) is 2. The molecule has 0 radical (unpaired) electrons. The lowest BCUT2D eigenvalue weighted by molar-refractivity contribution is 0.154. The van der Waals surface area contributed by atoms with Crippen LogP contribution in [0.2, 0.25) is 15.1 Å². The summed E-state index contributed by atoms with van der Waals surface area (Å²) in [5, 5.41) is 5.27. The van der Waals surface area contributed by atoms with E-state index in [1.165, 1.54) is 0 Å². The van der Waals surface area contributed by atoms with Gasteiger partial charge in [-0.05, 0) is 24.5 Å². The maximum absolute atomic E-state index is 6.44. The van der Waals surface area contributed by atoms with E-state index in [0.29, 0.717) is 21.0 Å². The van der Waals surface area contributed by atoms with Crippen molar-refractivity contribution in [3.8, 4) is 0 Å². The number of rotatable bonds is 4. The van der Waals surface area contributed by atoms with Gasteiger partial charge in [0, 0.05) is 42.8 Å².